The molecule has 2 rings (SSSR count). The SMILES string of the molecule is COc1ccc2c(c1)c(=O)c(CSC)cn2C. The number of pyridine rings is 1. The Kier molecular flexibility index (Phi) is 3.43. The first-order chi connectivity index (χ1) is 8.17. The number of hydrogen-bond acceptors (Lipinski definition) is 3. The molecule has 0 unspecified atom stereocenters. The summed E-state index contributed by atoms with van der Waals surface area (Å²) >= 11 is 1.65. The Morgan fingerprint density at radius 1 is 1.41 bits per heavy atom. The molecule has 0 saturated carbocycles. The van der Waals surface area contributed by atoms with Crippen LogP contribution in [0, 0.1) is 0 Å². The summed E-state index contributed by atoms with van der Waals surface area (Å²) in [5.41, 5.74) is 1.87. The number of rotatable bonds is 3. The second-order valence-corrected chi connectivity index (χ2v) is 4.78. The van der Waals surface area contributed by atoms with Gasteiger partial charge in [0.25, 0.3) is 0 Å². The highest BCUT2D eigenvalue weighted by Crippen LogP contribution is 2.19. The molecule has 1 heterocycles. The Labute approximate surface area is 104 Å². The molecule has 0 N–H and O–H groups in total. The van der Waals surface area contributed by atoms with Crippen molar-refractivity contribution in [2.45, 2.75) is 5.75 Å². The zero-order valence-corrected chi connectivity index (χ0v) is 11.0. The van der Waals surface area contributed by atoms with E-state index in [4.69, 9.17) is 4.74 Å². The van der Waals surface area contributed by atoms with E-state index in [9.17, 15) is 4.79 Å². The molecule has 1 aromatic heterocycles. The van der Waals surface area contributed by atoms with Gasteiger partial charge >= 0.3 is 0 Å². The van der Waals surface area contributed by atoms with E-state index >= 15 is 0 Å². The lowest BCUT2D eigenvalue weighted by Crippen LogP contribution is -2.12. The molecule has 0 atom stereocenters. The van der Waals surface area contributed by atoms with Crippen LogP contribution in [-0.4, -0.2) is 17.9 Å². The number of ether oxygens (including phenoxy) is 1. The van der Waals surface area contributed by atoms with Crippen LogP contribution in [0.2, 0.25) is 0 Å². The van der Waals surface area contributed by atoms with Crippen LogP contribution in [-0.2, 0) is 12.8 Å². The maximum atomic E-state index is 12.3. The van der Waals surface area contributed by atoms with Crippen LogP contribution in [0.3, 0.4) is 0 Å². The molecule has 0 aliphatic rings. The third kappa shape index (κ3) is 2.17. The highest BCUT2D eigenvalue weighted by Gasteiger charge is 2.07. The molecule has 0 fully saturated rings. The third-order valence-corrected chi connectivity index (χ3v) is 3.37. The molecule has 17 heavy (non-hydrogen) atoms. The summed E-state index contributed by atoms with van der Waals surface area (Å²) in [6, 6.07) is 5.59. The van der Waals surface area contributed by atoms with Crippen molar-refractivity contribution in [2.75, 3.05) is 13.4 Å². The highest BCUT2D eigenvalue weighted by atomic mass is 32.2. The minimum atomic E-state index is 0.103. The van der Waals surface area contributed by atoms with Crippen molar-refractivity contribution in [1.29, 1.82) is 0 Å². The molecule has 0 aliphatic heterocycles. The van der Waals surface area contributed by atoms with Crippen LogP contribution >= 0.6 is 11.8 Å². The maximum Gasteiger partial charge on any atom is 0.193 e. The third-order valence-electron chi connectivity index (χ3n) is 2.77. The van der Waals surface area contributed by atoms with Crippen molar-refractivity contribution < 1.29 is 4.74 Å². The van der Waals surface area contributed by atoms with Gasteiger partial charge in [0.1, 0.15) is 5.75 Å². The van der Waals surface area contributed by atoms with Gasteiger partial charge in [0.05, 0.1) is 12.6 Å². The molecule has 2 aromatic rings. The number of methoxy groups -OCH3 is 1. The molecule has 0 saturated heterocycles. The van der Waals surface area contributed by atoms with Crippen molar-refractivity contribution >= 4 is 22.7 Å². The zero-order valence-electron chi connectivity index (χ0n) is 10.2. The number of nitrogens with zero attached hydrogens (tertiary/aromatic N) is 1. The van der Waals surface area contributed by atoms with Gasteiger partial charge in [-0.25, -0.2) is 0 Å². The van der Waals surface area contributed by atoms with Crippen LogP contribution in [0.1, 0.15) is 5.56 Å². The molecule has 0 amide bonds. The van der Waals surface area contributed by atoms with Gasteiger partial charge in [-0.2, -0.15) is 11.8 Å². The monoisotopic (exact) mass is 249 g/mol. The molecule has 0 spiro atoms. The standard InChI is InChI=1S/C13H15NO2S/c1-14-7-9(8-17-3)13(15)11-6-10(16-2)4-5-12(11)14/h4-7H,8H2,1-3H3. The lowest BCUT2D eigenvalue weighted by Gasteiger charge is -2.09. The Hall–Kier alpha value is -1.42. The summed E-state index contributed by atoms with van der Waals surface area (Å²) < 4.78 is 7.15. The Morgan fingerprint density at radius 2 is 2.18 bits per heavy atom. The van der Waals surface area contributed by atoms with Gasteiger partial charge in [-0.05, 0) is 24.5 Å². The van der Waals surface area contributed by atoms with Crippen LogP contribution in [0.4, 0.5) is 0 Å². The average molecular weight is 249 g/mol. The predicted octanol–water partition coefficient (Wildman–Crippen LogP) is 2.41. The lowest BCUT2D eigenvalue weighted by atomic mass is 10.1. The minimum absolute atomic E-state index is 0.103. The first kappa shape index (κ1) is 12.0. The highest BCUT2D eigenvalue weighted by molar-refractivity contribution is 7.97. The molecule has 0 aliphatic carbocycles. The first-order valence-corrected chi connectivity index (χ1v) is 6.72. The Bertz CT molecular complexity index is 604. The topological polar surface area (TPSA) is 31.2 Å². The molecule has 90 valence electrons. The summed E-state index contributed by atoms with van der Waals surface area (Å²) in [6.45, 7) is 0. The summed E-state index contributed by atoms with van der Waals surface area (Å²) in [6.07, 6.45) is 3.91. The van der Waals surface area contributed by atoms with Gasteiger partial charge in [0, 0.05) is 29.9 Å². The summed E-state index contributed by atoms with van der Waals surface area (Å²) in [7, 11) is 3.56. The molecule has 3 nitrogen and oxygen atoms in total. The quantitative estimate of drug-likeness (QED) is 0.837. The first-order valence-electron chi connectivity index (χ1n) is 5.32. The number of hydrogen-bond donors (Lipinski definition) is 0. The van der Waals surface area contributed by atoms with Gasteiger partial charge < -0.3 is 9.30 Å². The van der Waals surface area contributed by atoms with Crippen molar-refractivity contribution in [2.24, 2.45) is 7.05 Å². The molecule has 4 heteroatoms. The van der Waals surface area contributed by atoms with Crippen molar-refractivity contribution in [3.05, 3.63) is 40.2 Å². The minimum Gasteiger partial charge on any atom is -0.497 e. The number of fused-ring (bicyclic) bond motifs is 1. The van der Waals surface area contributed by atoms with Gasteiger partial charge in [-0.15, -0.1) is 0 Å². The van der Waals surface area contributed by atoms with Gasteiger partial charge in [0.2, 0.25) is 0 Å². The molecule has 1 aromatic carbocycles. The van der Waals surface area contributed by atoms with E-state index in [0.717, 1.165) is 28.0 Å². The largest absolute Gasteiger partial charge is 0.497 e. The average Bonchev–Trinajstić information content (AvgIpc) is 2.35. The Morgan fingerprint density at radius 3 is 2.82 bits per heavy atom. The zero-order chi connectivity index (χ0) is 12.4. The van der Waals surface area contributed by atoms with Crippen molar-refractivity contribution in [3.8, 4) is 5.75 Å². The summed E-state index contributed by atoms with van der Waals surface area (Å²) in [5, 5.41) is 0.721. The Balaban J connectivity index is 2.76. The van der Waals surface area contributed by atoms with Gasteiger partial charge in [0.15, 0.2) is 5.43 Å². The predicted molar refractivity (Wildman–Crippen MR) is 73.0 cm³/mol. The van der Waals surface area contributed by atoms with Crippen LogP contribution < -0.4 is 10.2 Å². The maximum absolute atomic E-state index is 12.3. The van der Waals surface area contributed by atoms with Gasteiger partial charge in [-0.1, -0.05) is 0 Å². The molecular weight excluding hydrogens is 234 g/mol. The van der Waals surface area contributed by atoms with Crippen molar-refractivity contribution in [1.82, 2.24) is 4.57 Å². The van der Waals surface area contributed by atoms with E-state index in [0.29, 0.717) is 0 Å². The van der Waals surface area contributed by atoms with E-state index in [1.54, 1.807) is 18.9 Å². The second-order valence-electron chi connectivity index (χ2n) is 3.91. The number of benzene rings is 1. The smallest absolute Gasteiger partial charge is 0.193 e. The number of thioether (sulfide) groups is 1. The second kappa shape index (κ2) is 4.84. The molecular formula is C13H15NO2S. The summed E-state index contributed by atoms with van der Waals surface area (Å²) in [5.74, 6) is 1.45. The fourth-order valence-corrected chi connectivity index (χ4v) is 2.44. The van der Waals surface area contributed by atoms with E-state index in [1.807, 2.05) is 42.3 Å². The van der Waals surface area contributed by atoms with Crippen molar-refractivity contribution in [3.63, 3.8) is 0 Å². The van der Waals surface area contributed by atoms with E-state index < -0.39 is 0 Å². The fraction of sp³-hybridized carbons (Fsp3) is 0.308. The normalized spacial score (nSPS) is 10.8. The lowest BCUT2D eigenvalue weighted by molar-refractivity contribution is 0.415. The van der Waals surface area contributed by atoms with E-state index in [2.05, 4.69) is 0 Å². The fourth-order valence-electron chi connectivity index (χ4n) is 1.92. The molecule has 0 bridgehead atoms. The molecule has 0 radical (unpaired) electrons. The number of aryl methyl sites for hydroxylation is 1. The number of aromatic nitrogens is 1. The van der Waals surface area contributed by atoms with E-state index in [-0.39, 0.29) is 5.43 Å². The van der Waals surface area contributed by atoms with Crippen LogP contribution in [0.5, 0.6) is 5.75 Å². The van der Waals surface area contributed by atoms with Crippen LogP contribution in [0.25, 0.3) is 10.9 Å². The van der Waals surface area contributed by atoms with Crippen LogP contribution in [0.15, 0.2) is 29.2 Å². The van der Waals surface area contributed by atoms with Gasteiger partial charge in [-0.3, -0.25) is 4.79 Å². The van der Waals surface area contributed by atoms with E-state index in [1.165, 1.54) is 0 Å². The summed E-state index contributed by atoms with van der Waals surface area (Å²) in [4.78, 5) is 12.3.